The van der Waals surface area contributed by atoms with Gasteiger partial charge in [0.05, 0.1) is 64.9 Å². The standard InChI is InChI=1S/C31H25Cl2FN4O5/c1-36-11-18(10-35-36)17-5-24(32)28(25(33)6-17)30(39)37-12-16-3-2-4-21(29(16)43-15-37)22-9-27(23(31(40)41)8-26(22)34)38-19-7-20(38)14-42-13-19/h2-6,8-11,19-20H,7,12-15H2,1H3,(H,40,41). The van der Waals surface area contributed by atoms with Crippen LogP contribution in [-0.2, 0) is 18.3 Å². The van der Waals surface area contributed by atoms with Crippen molar-refractivity contribution in [1.82, 2.24) is 14.7 Å². The van der Waals surface area contributed by atoms with Crippen molar-refractivity contribution in [1.29, 1.82) is 0 Å². The number of carboxylic acid groups (broad SMARTS) is 1. The van der Waals surface area contributed by atoms with E-state index in [9.17, 15) is 14.7 Å². The Morgan fingerprint density at radius 2 is 1.79 bits per heavy atom. The average molecular weight is 623 g/mol. The molecule has 12 heteroatoms. The molecule has 2 fully saturated rings. The summed E-state index contributed by atoms with van der Waals surface area (Å²) in [6.45, 7) is 1.05. The number of aromatic nitrogens is 2. The minimum Gasteiger partial charge on any atom is -0.478 e. The van der Waals surface area contributed by atoms with Crippen LogP contribution in [0, 0.1) is 5.82 Å². The number of hydrogen-bond donors (Lipinski definition) is 1. The maximum Gasteiger partial charge on any atom is 0.337 e. The number of benzene rings is 3. The number of morpholine rings is 1. The summed E-state index contributed by atoms with van der Waals surface area (Å²) in [6.07, 6.45) is 4.40. The lowest BCUT2D eigenvalue weighted by atomic mass is 9.88. The molecular formula is C31H25Cl2FN4O5. The largest absolute Gasteiger partial charge is 0.478 e. The van der Waals surface area contributed by atoms with Crippen molar-refractivity contribution in [3.05, 3.63) is 87.4 Å². The minimum absolute atomic E-state index is 0.0488. The normalized spacial score (nSPS) is 19.0. The summed E-state index contributed by atoms with van der Waals surface area (Å²) in [4.78, 5) is 29.1. The Kier molecular flexibility index (Phi) is 6.80. The second-order valence-electron chi connectivity index (χ2n) is 10.9. The van der Waals surface area contributed by atoms with Gasteiger partial charge in [0.1, 0.15) is 11.6 Å². The number of nitrogens with zero attached hydrogens (tertiary/aromatic N) is 4. The number of para-hydroxylation sites is 1. The molecule has 43 heavy (non-hydrogen) atoms. The van der Waals surface area contributed by atoms with Crippen molar-refractivity contribution in [3.8, 4) is 28.0 Å². The molecule has 3 aromatic carbocycles. The molecule has 7 rings (SSSR count). The van der Waals surface area contributed by atoms with Gasteiger partial charge < -0.3 is 24.4 Å². The summed E-state index contributed by atoms with van der Waals surface area (Å²) in [5, 5.41) is 14.4. The summed E-state index contributed by atoms with van der Waals surface area (Å²) < 4.78 is 28.8. The number of carboxylic acids is 1. The molecule has 3 aliphatic heterocycles. The highest BCUT2D eigenvalue weighted by Crippen LogP contribution is 2.44. The molecule has 2 atom stereocenters. The summed E-state index contributed by atoms with van der Waals surface area (Å²) in [5.41, 5.74) is 3.41. The zero-order valence-electron chi connectivity index (χ0n) is 22.9. The summed E-state index contributed by atoms with van der Waals surface area (Å²) in [5.74, 6) is -1.85. The molecule has 9 nitrogen and oxygen atoms in total. The van der Waals surface area contributed by atoms with Gasteiger partial charge in [0.2, 0.25) is 0 Å². The highest BCUT2D eigenvalue weighted by molar-refractivity contribution is 6.40. The van der Waals surface area contributed by atoms with E-state index in [0.717, 1.165) is 23.6 Å². The Hall–Kier alpha value is -4.12. The first-order valence-corrected chi connectivity index (χ1v) is 14.4. The van der Waals surface area contributed by atoms with E-state index in [-0.39, 0.29) is 52.1 Å². The van der Waals surface area contributed by atoms with Crippen molar-refractivity contribution in [2.75, 3.05) is 24.8 Å². The number of rotatable bonds is 5. The maximum absolute atomic E-state index is 15.5. The van der Waals surface area contributed by atoms with Crippen LogP contribution in [0.1, 0.15) is 32.7 Å². The van der Waals surface area contributed by atoms with Crippen LogP contribution in [0.15, 0.2) is 54.9 Å². The number of ether oxygens (including phenoxy) is 2. The molecule has 0 aliphatic carbocycles. The van der Waals surface area contributed by atoms with Gasteiger partial charge in [-0.05, 0) is 36.2 Å². The molecule has 4 aromatic rings. The summed E-state index contributed by atoms with van der Waals surface area (Å²) in [6, 6.07) is 11.4. The fourth-order valence-corrected chi connectivity index (χ4v) is 6.82. The van der Waals surface area contributed by atoms with E-state index in [1.165, 1.54) is 4.90 Å². The molecular weight excluding hydrogens is 598 g/mol. The van der Waals surface area contributed by atoms with Gasteiger partial charge in [-0.25, -0.2) is 9.18 Å². The van der Waals surface area contributed by atoms with Crippen molar-refractivity contribution in [2.24, 2.45) is 7.05 Å². The first-order chi connectivity index (χ1) is 20.7. The smallest absolute Gasteiger partial charge is 0.337 e. The number of aryl methyl sites for hydroxylation is 1. The van der Waals surface area contributed by atoms with Gasteiger partial charge in [0.15, 0.2) is 6.73 Å². The van der Waals surface area contributed by atoms with Gasteiger partial charge in [0.25, 0.3) is 5.91 Å². The second-order valence-corrected chi connectivity index (χ2v) is 11.7. The third kappa shape index (κ3) is 4.70. The molecule has 1 N–H and O–H groups in total. The van der Waals surface area contributed by atoms with E-state index in [1.807, 2.05) is 11.1 Å². The lowest BCUT2D eigenvalue weighted by Gasteiger charge is -2.54. The lowest BCUT2D eigenvalue weighted by molar-refractivity contribution is 0.0101. The van der Waals surface area contributed by atoms with Crippen LogP contribution in [-0.4, -0.2) is 63.7 Å². The SMILES string of the molecule is Cn1cc(-c2cc(Cl)c(C(=O)N3COc4c(cccc4-c4cc(N5C6COCC5C6)c(C(=O)O)cc4F)C3)c(Cl)c2)cn1. The van der Waals surface area contributed by atoms with Gasteiger partial charge in [-0.15, -0.1) is 0 Å². The number of hydrogen-bond acceptors (Lipinski definition) is 6. The van der Waals surface area contributed by atoms with E-state index in [1.54, 1.807) is 54.3 Å². The van der Waals surface area contributed by atoms with Gasteiger partial charge in [-0.3, -0.25) is 9.48 Å². The fourth-order valence-electron chi connectivity index (χ4n) is 6.17. The molecule has 0 saturated carbocycles. The Bertz CT molecular complexity index is 1770. The number of halogens is 3. The van der Waals surface area contributed by atoms with Crippen LogP contribution in [0.3, 0.4) is 0 Å². The third-order valence-corrected chi connectivity index (χ3v) is 8.84. The number of carbonyl (C=O) groups is 2. The Balaban J connectivity index is 1.20. The van der Waals surface area contributed by atoms with E-state index in [0.29, 0.717) is 35.8 Å². The molecule has 2 bridgehead atoms. The van der Waals surface area contributed by atoms with E-state index in [4.69, 9.17) is 32.7 Å². The molecule has 2 unspecified atom stereocenters. The highest BCUT2D eigenvalue weighted by atomic mass is 35.5. The Labute approximate surface area is 255 Å². The monoisotopic (exact) mass is 622 g/mol. The molecule has 2 saturated heterocycles. The predicted octanol–water partition coefficient (Wildman–Crippen LogP) is 5.87. The van der Waals surface area contributed by atoms with Crippen molar-refractivity contribution in [3.63, 3.8) is 0 Å². The van der Waals surface area contributed by atoms with E-state index in [2.05, 4.69) is 5.10 Å². The zero-order chi connectivity index (χ0) is 30.0. The van der Waals surface area contributed by atoms with E-state index < -0.39 is 17.7 Å². The molecule has 1 aromatic heterocycles. The third-order valence-electron chi connectivity index (χ3n) is 8.24. The number of aromatic carboxylic acids is 1. The number of anilines is 1. The number of amides is 1. The minimum atomic E-state index is -1.20. The van der Waals surface area contributed by atoms with Crippen LogP contribution in [0.5, 0.6) is 5.75 Å². The molecule has 0 spiro atoms. The first-order valence-electron chi connectivity index (χ1n) is 13.6. The average Bonchev–Trinajstić information content (AvgIpc) is 3.43. The van der Waals surface area contributed by atoms with Crippen molar-refractivity contribution < 1.29 is 28.6 Å². The Morgan fingerprint density at radius 1 is 1.05 bits per heavy atom. The molecule has 1 amide bonds. The van der Waals surface area contributed by atoms with Crippen LogP contribution in [0.25, 0.3) is 22.3 Å². The number of fused-ring (bicyclic) bond motifs is 3. The van der Waals surface area contributed by atoms with Crippen LogP contribution < -0.4 is 9.64 Å². The lowest BCUT2D eigenvalue weighted by Crippen LogP contribution is -2.64. The highest BCUT2D eigenvalue weighted by Gasteiger charge is 2.44. The summed E-state index contributed by atoms with van der Waals surface area (Å²) >= 11 is 13.1. The fraction of sp³-hybridized carbons (Fsp3) is 0.258. The van der Waals surface area contributed by atoms with Crippen molar-refractivity contribution in [2.45, 2.75) is 25.0 Å². The predicted molar refractivity (Wildman–Crippen MR) is 158 cm³/mol. The van der Waals surface area contributed by atoms with E-state index >= 15 is 4.39 Å². The summed E-state index contributed by atoms with van der Waals surface area (Å²) in [7, 11) is 1.80. The molecule has 0 radical (unpaired) electrons. The topological polar surface area (TPSA) is 97.1 Å². The second kappa shape index (κ2) is 10.6. The molecule has 3 aliphatic rings. The quantitative estimate of drug-likeness (QED) is 0.297. The van der Waals surface area contributed by atoms with Crippen LogP contribution in [0.4, 0.5) is 10.1 Å². The first kappa shape index (κ1) is 27.7. The van der Waals surface area contributed by atoms with Gasteiger partial charge in [-0.2, -0.15) is 5.10 Å². The molecule has 220 valence electrons. The number of carbonyl (C=O) groups excluding carboxylic acids is 1. The van der Waals surface area contributed by atoms with Gasteiger partial charge >= 0.3 is 5.97 Å². The molecule has 4 heterocycles. The Morgan fingerprint density at radius 3 is 2.44 bits per heavy atom. The van der Waals surface area contributed by atoms with Gasteiger partial charge in [0, 0.05) is 35.5 Å². The van der Waals surface area contributed by atoms with Gasteiger partial charge in [-0.1, -0.05) is 41.4 Å². The van der Waals surface area contributed by atoms with Crippen molar-refractivity contribution >= 4 is 40.8 Å². The van der Waals surface area contributed by atoms with Crippen LogP contribution >= 0.6 is 23.2 Å². The zero-order valence-corrected chi connectivity index (χ0v) is 24.4. The van der Waals surface area contributed by atoms with Crippen LogP contribution in [0.2, 0.25) is 10.0 Å². The maximum atomic E-state index is 15.5.